The molecule has 77 heavy (non-hydrogen) atoms. The monoisotopic (exact) mass is 1090 g/mol. The number of aliphatic hydroxyl groups is 2. The molecule has 2 unspecified atom stereocenters. The molecule has 0 heterocycles. The van der Waals surface area contributed by atoms with Gasteiger partial charge in [0.15, 0.2) is 0 Å². The second-order valence-electron chi connectivity index (χ2n) is 24.6. The van der Waals surface area contributed by atoms with Gasteiger partial charge in [-0.1, -0.05) is 373 Å². The fourth-order valence-electron chi connectivity index (χ4n) is 11.4. The molecular weight excluding hydrogens is 947 g/mol. The Bertz CT molecular complexity index is 1160. The van der Waals surface area contributed by atoms with Gasteiger partial charge < -0.3 is 20.3 Å². The normalized spacial score (nSPS) is 12.5. The first-order valence-corrected chi connectivity index (χ1v) is 35.5. The highest BCUT2D eigenvalue weighted by atomic mass is 16.5. The van der Waals surface area contributed by atoms with E-state index in [4.69, 9.17) is 4.74 Å². The van der Waals surface area contributed by atoms with Gasteiger partial charge in [0.25, 0.3) is 0 Å². The number of amides is 1. The highest BCUT2D eigenvalue weighted by molar-refractivity contribution is 5.76. The Hall–Kier alpha value is -1.40. The van der Waals surface area contributed by atoms with Crippen LogP contribution in [0.3, 0.4) is 0 Å². The van der Waals surface area contributed by atoms with Crippen LogP contribution < -0.4 is 5.32 Å². The van der Waals surface area contributed by atoms with Crippen LogP contribution in [0, 0.1) is 0 Å². The Morgan fingerprint density at radius 2 is 0.597 bits per heavy atom. The molecule has 0 aromatic rings. The Balaban J connectivity index is 3.37. The predicted octanol–water partition coefficient (Wildman–Crippen LogP) is 22.8. The summed E-state index contributed by atoms with van der Waals surface area (Å²) in [4.78, 5) is 24.6. The number of unbranched alkanes of at least 4 members (excludes halogenated alkanes) is 56. The fourth-order valence-corrected chi connectivity index (χ4v) is 11.4. The zero-order valence-corrected chi connectivity index (χ0v) is 52.5. The summed E-state index contributed by atoms with van der Waals surface area (Å²) in [5.74, 6) is -0.0411. The van der Waals surface area contributed by atoms with E-state index in [0.717, 1.165) is 38.5 Å². The van der Waals surface area contributed by atoms with Crippen LogP contribution >= 0.6 is 0 Å². The van der Waals surface area contributed by atoms with Crippen molar-refractivity contribution in [2.45, 2.75) is 418 Å². The third-order valence-corrected chi connectivity index (χ3v) is 16.8. The summed E-state index contributed by atoms with van der Waals surface area (Å²) >= 11 is 0. The average Bonchev–Trinajstić information content (AvgIpc) is 3.43. The lowest BCUT2D eigenvalue weighted by atomic mass is 10.0. The average molecular weight is 1090 g/mol. The molecule has 0 spiro atoms. The van der Waals surface area contributed by atoms with Crippen LogP contribution in [-0.4, -0.2) is 47.4 Å². The van der Waals surface area contributed by atoms with E-state index in [2.05, 4.69) is 19.2 Å². The summed E-state index contributed by atoms with van der Waals surface area (Å²) in [6, 6.07) is -0.626. The van der Waals surface area contributed by atoms with Crippen molar-refractivity contribution < 1.29 is 24.5 Å². The molecule has 0 aliphatic carbocycles. The van der Waals surface area contributed by atoms with Gasteiger partial charge in [-0.15, -0.1) is 0 Å². The molecule has 458 valence electrons. The zero-order chi connectivity index (χ0) is 55.7. The first kappa shape index (κ1) is 75.6. The van der Waals surface area contributed by atoms with Gasteiger partial charge in [-0.2, -0.15) is 0 Å². The first-order valence-electron chi connectivity index (χ1n) is 35.5. The van der Waals surface area contributed by atoms with Crippen molar-refractivity contribution in [2.75, 3.05) is 13.2 Å². The maximum absolute atomic E-state index is 12.5. The molecule has 6 nitrogen and oxygen atoms in total. The van der Waals surface area contributed by atoms with E-state index < -0.39 is 12.1 Å². The van der Waals surface area contributed by atoms with E-state index >= 15 is 0 Å². The SMILES string of the molecule is CCCCCCCCCCCCCCCCCCCC/C=C/C(O)C(CO)NC(=O)CCCCCCCCCCCCCCCCCCCCCCCCCCCCOC(=O)CCCCCCCCCCCCCCCC. The van der Waals surface area contributed by atoms with Gasteiger partial charge in [0.2, 0.25) is 5.91 Å². The lowest BCUT2D eigenvalue weighted by Crippen LogP contribution is -2.45. The number of aliphatic hydroxyl groups excluding tert-OH is 2. The van der Waals surface area contributed by atoms with Crippen LogP contribution in [0.5, 0.6) is 0 Å². The molecule has 0 aliphatic rings. The molecule has 0 saturated carbocycles. The Kier molecular flexibility index (Phi) is 65.9. The van der Waals surface area contributed by atoms with Gasteiger partial charge >= 0.3 is 5.97 Å². The van der Waals surface area contributed by atoms with Gasteiger partial charge in [0.1, 0.15) is 0 Å². The van der Waals surface area contributed by atoms with Crippen LogP contribution in [0.1, 0.15) is 406 Å². The summed E-state index contributed by atoms with van der Waals surface area (Å²) in [5.41, 5.74) is 0. The molecule has 0 fully saturated rings. The van der Waals surface area contributed by atoms with E-state index in [9.17, 15) is 19.8 Å². The van der Waals surface area contributed by atoms with Crippen molar-refractivity contribution in [2.24, 2.45) is 0 Å². The van der Waals surface area contributed by atoms with Crippen LogP contribution in [0.25, 0.3) is 0 Å². The molecule has 1 amide bonds. The van der Waals surface area contributed by atoms with E-state index in [0.29, 0.717) is 19.4 Å². The van der Waals surface area contributed by atoms with Gasteiger partial charge in [0, 0.05) is 12.8 Å². The summed E-state index contributed by atoms with van der Waals surface area (Å²) < 4.78 is 5.50. The molecule has 0 aromatic carbocycles. The van der Waals surface area contributed by atoms with E-state index in [1.54, 1.807) is 6.08 Å². The maximum Gasteiger partial charge on any atom is 0.305 e. The maximum atomic E-state index is 12.5. The number of nitrogens with one attached hydrogen (secondary N) is 1. The minimum Gasteiger partial charge on any atom is -0.466 e. The number of carbonyl (C=O) groups excluding carboxylic acids is 2. The number of esters is 1. The molecule has 0 bridgehead atoms. The Labute approximate surface area is 482 Å². The van der Waals surface area contributed by atoms with Crippen molar-refractivity contribution >= 4 is 11.9 Å². The van der Waals surface area contributed by atoms with Crippen molar-refractivity contribution in [1.82, 2.24) is 5.32 Å². The highest BCUT2D eigenvalue weighted by Crippen LogP contribution is 2.19. The third kappa shape index (κ3) is 63.6. The number of hydrogen-bond donors (Lipinski definition) is 3. The number of allylic oxidation sites excluding steroid dienone is 1. The summed E-state index contributed by atoms with van der Waals surface area (Å²) in [5, 5.41) is 23.2. The minimum absolute atomic E-state index is 0.0202. The smallest absolute Gasteiger partial charge is 0.305 e. The van der Waals surface area contributed by atoms with E-state index in [1.807, 2.05) is 6.08 Å². The lowest BCUT2D eigenvalue weighted by molar-refractivity contribution is -0.143. The fraction of sp³-hybridized carbons (Fsp3) is 0.944. The molecule has 0 saturated heterocycles. The van der Waals surface area contributed by atoms with Crippen molar-refractivity contribution in [3.63, 3.8) is 0 Å². The zero-order valence-electron chi connectivity index (χ0n) is 52.5. The van der Waals surface area contributed by atoms with Crippen LogP contribution in [0.2, 0.25) is 0 Å². The largest absolute Gasteiger partial charge is 0.466 e. The first-order chi connectivity index (χ1) is 38.0. The highest BCUT2D eigenvalue weighted by Gasteiger charge is 2.18. The molecule has 0 rings (SSSR count). The summed E-state index contributed by atoms with van der Waals surface area (Å²) in [6.07, 6.45) is 82.9. The van der Waals surface area contributed by atoms with E-state index in [1.165, 1.54) is 340 Å². The number of ether oxygens (including phenoxy) is 1. The van der Waals surface area contributed by atoms with Gasteiger partial charge in [-0.3, -0.25) is 9.59 Å². The van der Waals surface area contributed by atoms with E-state index in [-0.39, 0.29) is 18.5 Å². The van der Waals surface area contributed by atoms with Crippen molar-refractivity contribution in [3.05, 3.63) is 12.2 Å². The number of hydrogen-bond acceptors (Lipinski definition) is 5. The molecule has 0 aliphatic heterocycles. The summed E-state index contributed by atoms with van der Waals surface area (Å²) in [6.45, 7) is 4.95. The Morgan fingerprint density at radius 3 is 0.883 bits per heavy atom. The lowest BCUT2D eigenvalue weighted by Gasteiger charge is -2.20. The number of carbonyl (C=O) groups is 2. The molecular formula is C71H139NO5. The second kappa shape index (κ2) is 67.1. The second-order valence-corrected chi connectivity index (χ2v) is 24.6. The molecule has 3 N–H and O–H groups in total. The standard InChI is InChI=1S/C71H139NO5/c1-3-5-7-9-11-13-15-17-19-20-21-30-33-36-39-43-47-51-55-59-63-69(74)68(67-73)72-70(75)64-60-56-52-48-44-40-37-34-31-28-26-24-22-23-25-27-29-32-35-38-42-46-50-54-58-62-66-77-71(76)65-61-57-53-49-45-41-18-16-14-12-10-8-6-4-2/h59,63,68-69,73-74H,3-58,60-62,64-67H2,1-2H3,(H,72,75)/b63-59+. The third-order valence-electron chi connectivity index (χ3n) is 16.8. The van der Waals surface area contributed by atoms with Crippen molar-refractivity contribution in [3.8, 4) is 0 Å². The minimum atomic E-state index is -0.843. The molecule has 6 heteroatoms. The van der Waals surface area contributed by atoms with Gasteiger partial charge in [0.05, 0.1) is 25.4 Å². The van der Waals surface area contributed by atoms with Crippen LogP contribution in [0.15, 0.2) is 12.2 Å². The number of rotatable bonds is 67. The quantitative estimate of drug-likeness (QED) is 0.0320. The predicted molar refractivity (Wildman–Crippen MR) is 338 cm³/mol. The van der Waals surface area contributed by atoms with Crippen molar-refractivity contribution in [1.29, 1.82) is 0 Å². The molecule has 2 atom stereocenters. The Morgan fingerprint density at radius 1 is 0.351 bits per heavy atom. The molecule has 0 radical (unpaired) electrons. The van der Waals surface area contributed by atoms with Crippen LogP contribution in [-0.2, 0) is 14.3 Å². The van der Waals surface area contributed by atoms with Gasteiger partial charge in [-0.05, 0) is 32.1 Å². The van der Waals surface area contributed by atoms with Crippen LogP contribution in [0.4, 0.5) is 0 Å². The topological polar surface area (TPSA) is 95.9 Å². The summed E-state index contributed by atoms with van der Waals surface area (Å²) in [7, 11) is 0. The van der Waals surface area contributed by atoms with Gasteiger partial charge in [-0.25, -0.2) is 0 Å². The molecule has 0 aromatic heterocycles.